The minimum absolute atomic E-state index is 0.0166. The van der Waals surface area contributed by atoms with Crippen LogP contribution in [0.15, 0.2) is 0 Å². The van der Waals surface area contributed by atoms with Crippen LogP contribution in [0.4, 0.5) is 13.2 Å². The van der Waals surface area contributed by atoms with E-state index in [4.69, 9.17) is 5.11 Å². The molecule has 1 saturated heterocycles. The number of amides is 1. The molecular weight excluding hydrogens is 225 g/mol. The van der Waals surface area contributed by atoms with Gasteiger partial charge in [-0.15, -0.1) is 0 Å². The number of nitrogens with one attached hydrogen (secondary N) is 1. The van der Waals surface area contributed by atoms with Crippen molar-refractivity contribution in [2.45, 2.75) is 6.18 Å². The van der Waals surface area contributed by atoms with Gasteiger partial charge in [0.1, 0.15) is 0 Å². The Morgan fingerprint density at radius 3 is 2.50 bits per heavy atom. The number of carbonyl (C=O) groups excluding carboxylic acids is 1. The monoisotopic (exact) mass is 240 g/mol. The van der Waals surface area contributed by atoms with Crippen LogP contribution in [-0.4, -0.2) is 55.4 Å². The van der Waals surface area contributed by atoms with E-state index in [9.17, 15) is 18.0 Å². The van der Waals surface area contributed by atoms with E-state index in [1.165, 1.54) is 0 Å². The van der Waals surface area contributed by atoms with E-state index >= 15 is 0 Å². The Morgan fingerprint density at radius 1 is 1.50 bits per heavy atom. The molecule has 1 fully saturated rings. The van der Waals surface area contributed by atoms with Gasteiger partial charge < -0.3 is 15.3 Å². The van der Waals surface area contributed by atoms with Gasteiger partial charge >= 0.3 is 6.18 Å². The lowest BCUT2D eigenvalue weighted by molar-refractivity contribution is -0.183. The molecule has 7 heteroatoms. The molecule has 0 aromatic heterocycles. The van der Waals surface area contributed by atoms with E-state index < -0.39 is 24.6 Å². The third kappa shape index (κ3) is 2.85. The lowest BCUT2D eigenvalue weighted by atomic mass is 9.97. The summed E-state index contributed by atoms with van der Waals surface area (Å²) >= 11 is 0. The highest BCUT2D eigenvalue weighted by Crippen LogP contribution is 2.37. The fourth-order valence-electron chi connectivity index (χ4n) is 1.89. The third-order valence-electron chi connectivity index (χ3n) is 2.78. The first-order valence-electron chi connectivity index (χ1n) is 5.00. The van der Waals surface area contributed by atoms with Gasteiger partial charge in [0, 0.05) is 25.6 Å². The second-order valence-electron chi connectivity index (χ2n) is 3.92. The zero-order valence-electron chi connectivity index (χ0n) is 8.92. The molecule has 0 aliphatic carbocycles. The molecule has 0 bridgehead atoms. The van der Waals surface area contributed by atoms with Gasteiger partial charge in [-0.3, -0.25) is 4.79 Å². The van der Waals surface area contributed by atoms with Gasteiger partial charge in [-0.2, -0.15) is 13.2 Å². The lowest BCUT2D eigenvalue weighted by Crippen LogP contribution is -2.36. The van der Waals surface area contributed by atoms with E-state index in [0.29, 0.717) is 0 Å². The number of halogens is 3. The first-order chi connectivity index (χ1) is 7.40. The highest BCUT2D eigenvalue weighted by atomic mass is 19.4. The van der Waals surface area contributed by atoms with E-state index in [0.717, 1.165) is 4.90 Å². The second kappa shape index (κ2) is 5.01. The number of aliphatic hydroxyl groups excluding tert-OH is 1. The maximum Gasteiger partial charge on any atom is 0.393 e. The Bertz CT molecular complexity index is 258. The number of alkyl halides is 3. The van der Waals surface area contributed by atoms with Gasteiger partial charge in [0.2, 0.25) is 5.91 Å². The number of rotatable bonds is 3. The summed E-state index contributed by atoms with van der Waals surface area (Å²) in [5.74, 6) is -2.88. The summed E-state index contributed by atoms with van der Waals surface area (Å²) in [7, 11) is 1.55. The Labute approximate surface area is 91.4 Å². The summed E-state index contributed by atoms with van der Waals surface area (Å²) in [6.45, 7) is -0.910. The van der Waals surface area contributed by atoms with Crippen molar-refractivity contribution in [1.82, 2.24) is 10.2 Å². The normalized spacial score (nSPS) is 26.2. The molecule has 0 radical (unpaired) electrons. The molecule has 1 aliphatic rings. The summed E-state index contributed by atoms with van der Waals surface area (Å²) < 4.78 is 37.7. The Kier molecular flexibility index (Phi) is 4.15. The molecule has 1 amide bonds. The summed E-state index contributed by atoms with van der Waals surface area (Å²) in [6, 6.07) is 0. The van der Waals surface area contributed by atoms with Gasteiger partial charge in [0.05, 0.1) is 12.5 Å². The average Bonchev–Trinajstić information content (AvgIpc) is 2.61. The van der Waals surface area contributed by atoms with Crippen molar-refractivity contribution in [3.05, 3.63) is 0 Å². The quantitative estimate of drug-likeness (QED) is 0.720. The molecule has 94 valence electrons. The molecule has 0 unspecified atom stereocenters. The number of hydrogen-bond acceptors (Lipinski definition) is 3. The Hall–Kier alpha value is -0.820. The molecule has 1 heterocycles. The van der Waals surface area contributed by atoms with Crippen LogP contribution >= 0.6 is 0 Å². The minimum Gasteiger partial charge on any atom is -0.396 e. The SMILES string of the molecule is CNCC(=O)N1C[C@H](CO)[C@@H](C(F)(F)F)C1. The maximum absolute atomic E-state index is 12.6. The first-order valence-corrected chi connectivity index (χ1v) is 5.00. The lowest BCUT2D eigenvalue weighted by Gasteiger charge is -2.19. The highest BCUT2D eigenvalue weighted by molar-refractivity contribution is 5.78. The number of hydrogen-bond donors (Lipinski definition) is 2. The number of nitrogens with zero attached hydrogens (tertiary/aromatic N) is 1. The molecule has 1 aliphatic heterocycles. The van der Waals surface area contributed by atoms with Crippen molar-refractivity contribution in [3.8, 4) is 0 Å². The van der Waals surface area contributed by atoms with Crippen molar-refractivity contribution < 1.29 is 23.1 Å². The smallest absolute Gasteiger partial charge is 0.393 e. The Balaban J connectivity index is 2.67. The van der Waals surface area contributed by atoms with Crippen LogP contribution in [0.2, 0.25) is 0 Å². The predicted octanol–water partition coefficient (Wildman–Crippen LogP) is -0.165. The fourth-order valence-corrected chi connectivity index (χ4v) is 1.89. The van der Waals surface area contributed by atoms with Crippen molar-refractivity contribution in [3.63, 3.8) is 0 Å². The van der Waals surface area contributed by atoms with Crippen molar-refractivity contribution in [2.75, 3.05) is 33.3 Å². The van der Waals surface area contributed by atoms with Crippen LogP contribution in [0.25, 0.3) is 0 Å². The van der Waals surface area contributed by atoms with Gasteiger partial charge in [0.15, 0.2) is 0 Å². The number of carbonyl (C=O) groups is 1. The van der Waals surface area contributed by atoms with Crippen LogP contribution in [0.3, 0.4) is 0 Å². The molecule has 0 aromatic rings. The van der Waals surface area contributed by atoms with E-state index in [1.54, 1.807) is 7.05 Å². The summed E-state index contributed by atoms with van der Waals surface area (Å²) in [5, 5.41) is 11.5. The van der Waals surface area contributed by atoms with Crippen LogP contribution in [-0.2, 0) is 4.79 Å². The largest absolute Gasteiger partial charge is 0.396 e. The number of likely N-dealkylation sites (tertiary alicyclic amines) is 1. The molecular formula is C9H15F3N2O2. The van der Waals surface area contributed by atoms with Crippen LogP contribution in [0.5, 0.6) is 0 Å². The molecule has 2 N–H and O–H groups in total. The van der Waals surface area contributed by atoms with Gasteiger partial charge in [-0.1, -0.05) is 0 Å². The highest BCUT2D eigenvalue weighted by Gasteiger charge is 2.50. The topological polar surface area (TPSA) is 52.6 Å². The molecule has 16 heavy (non-hydrogen) atoms. The van der Waals surface area contributed by atoms with Gasteiger partial charge in [-0.05, 0) is 7.05 Å². The van der Waals surface area contributed by atoms with Crippen molar-refractivity contribution in [2.24, 2.45) is 11.8 Å². The summed E-state index contributed by atoms with van der Waals surface area (Å²) in [4.78, 5) is 12.5. The number of aliphatic hydroxyl groups is 1. The molecule has 1 rings (SSSR count). The number of likely N-dealkylation sites (N-methyl/N-ethyl adjacent to an activating group) is 1. The fraction of sp³-hybridized carbons (Fsp3) is 0.889. The molecule has 0 saturated carbocycles. The van der Waals surface area contributed by atoms with Crippen molar-refractivity contribution >= 4 is 5.91 Å². The molecule has 0 spiro atoms. The third-order valence-corrected chi connectivity index (χ3v) is 2.78. The zero-order valence-corrected chi connectivity index (χ0v) is 8.92. The minimum atomic E-state index is -4.36. The summed E-state index contributed by atoms with van der Waals surface area (Å²) in [6.07, 6.45) is -4.36. The van der Waals surface area contributed by atoms with Crippen LogP contribution in [0, 0.1) is 11.8 Å². The van der Waals surface area contributed by atoms with Crippen molar-refractivity contribution in [1.29, 1.82) is 0 Å². The van der Waals surface area contributed by atoms with E-state index in [1.807, 2.05) is 0 Å². The standard InChI is InChI=1S/C9H15F3N2O2/c1-13-2-8(16)14-3-6(5-15)7(4-14)9(10,11)12/h6-7,13,15H,2-5H2,1H3/t6-,7+/m1/s1. The zero-order chi connectivity index (χ0) is 12.3. The summed E-state index contributed by atoms with van der Waals surface area (Å²) in [5.41, 5.74) is 0. The van der Waals surface area contributed by atoms with E-state index in [-0.39, 0.29) is 25.5 Å². The van der Waals surface area contributed by atoms with Crippen LogP contribution in [0.1, 0.15) is 0 Å². The molecule has 2 atom stereocenters. The first kappa shape index (κ1) is 13.2. The average molecular weight is 240 g/mol. The van der Waals surface area contributed by atoms with Gasteiger partial charge in [0.25, 0.3) is 0 Å². The maximum atomic E-state index is 12.6. The molecule has 0 aromatic carbocycles. The predicted molar refractivity (Wildman–Crippen MR) is 50.6 cm³/mol. The second-order valence-corrected chi connectivity index (χ2v) is 3.92. The van der Waals surface area contributed by atoms with Gasteiger partial charge in [-0.25, -0.2) is 0 Å². The Morgan fingerprint density at radius 2 is 2.12 bits per heavy atom. The van der Waals surface area contributed by atoms with Crippen LogP contribution < -0.4 is 5.32 Å². The molecule has 4 nitrogen and oxygen atoms in total. The van der Waals surface area contributed by atoms with E-state index in [2.05, 4.69) is 5.32 Å².